The van der Waals surface area contributed by atoms with Crippen LogP contribution in [-0.4, -0.2) is 22.2 Å². The SMILES string of the molecule is O=C(O)c1ccc(Cl)nc1OC1CCC1. The fourth-order valence-corrected chi connectivity index (χ4v) is 1.46. The lowest BCUT2D eigenvalue weighted by atomic mass is 9.96. The van der Waals surface area contributed by atoms with E-state index in [0.29, 0.717) is 0 Å². The van der Waals surface area contributed by atoms with E-state index >= 15 is 0 Å². The number of carbonyl (C=O) groups is 1. The van der Waals surface area contributed by atoms with E-state index in [2.05, 4.69) is 4.98 Å². The lowest BCUT2D eigenvalue weighted by Crippen LogP contribution is -2.26. The lowest BCUT2D eigenvalue weighted by Gasteiger charge is -2.26. The van der Waals surface area contributed by atoms with Gasteiger partial charge in [0, 0.05) is 0 Å². The van der Waals surface area contributed by atoms with Crippen molar-refractivity contribution in [3.63, 3.8) is 0 Å². The summed E-state index contributed by atoms with van der Waals surface area (Å²) in [6, 6.07) is 2.85. The monoisotopic (exact) mass is 227 g/mol. The molecule has 0 aromatic carbocycles. The van der Waals surface area contributed by atoms with Crippen LogP contribution in [0.3, 0.4) is 0 Å². The van der Waals surface area contributed by atoms with Crippen LogP contribution < -0.4 is 4.74 Å². The molecular formula is C10H10ClNO3. The van der Waals surface area contributed by atoms with Crippen molar-refractivity contribution in [2.24, 2.45) is 0 Å². The fourth-order valence-electron chi connectivity index (χ4n) is 1.32. The zero-order valence-electron chi connectivity index (χ0n) is 7.94. The first kappa shape index (κ1) is 10.2. The largest absolute Gasteiger partial charge is 0.477 e. The van der Waals surface area contributed by atoms with Crippen molar-refractivity contribution in [1.82, 2.24) is 4.98 Å². The molecule has 2 rings (SSSR count). The first-order valence-electron chi connectivity index (χ1n) is 4.73. The van der Waals surface area contributed by atoms with Gasteiger partial charge in [0.25, 0.3) is 0 Å². The van der Waals surface area contributed by atoms with Crippen LogP contribution in [0.5, 0.6) is 5.88 Å². The summed E-state index contributed by atoms with van der Waals surface area (Å²) >= 11 is 5.68. The van der Waals surface area contributed by atoms with Gasteiger partial charge in [-0.1, -0.05) is 11.6 Å². The number of ether oxygens (including phenoxy) is 1. The summed E-state index contributed by atoms with van der Waals surface area (Å²) in [6.45, 7) is 0. The molecule has 1 aliphatic rings. The summed E-state index contributed by atoms with van der Waals surface area (Å²) in [5.74, 6) is -0.923. The molecule has 1 aliphatic carbocycles. The highest BCUT2D eigenvalue weighted by Crippen LogP contribution is 2.27. The van der Waals surface area contributed by atoms with Crippen molar-refractivity contribution in [3.8, 4) is 5.88 Å². The maximum atomic E-state index is 10.9. The van der Waals surface area contributed by atoms with Gasteiger partial charge < -0.3 is 9.84 Å². The van der Waals surface area contributed by atoms with Crippen LogP contribution in [0.15, 0.2) is 12.1 Å². The maximum Gasteiger partial charge on any atom is 0.341 e. The van der Waals surface area contributed by atoms with E-state index in [9.17, 15) is 4.79 Å². The third kappa shape index (κ3) is 2.21. The summed E-state index contributed by atoms with van der Waals surface area (Å²) in [4.78, 5) is 14.7. The molecule has 1 N–H and O–H groups in total. The molecule has 4 nitrogen and oxygen atoms in total. The van der Waals surface area contributed by atoms with Crippen LogP contribution in [0, 0.1) is 0 Å². The standard InChI is InChI=1S/C10H10ClNO3/c11-8-5-4-7(10(13)14)9(12-8)15-6-2-1-3-6/h4-6H,1-3H2,(H,13,14). The average molecular weight is 228 g/mol. The molecule has 0 saturated heterocycles. The van der Waals surface area contributed by atoms with E-state index in [1.165, 1.54) is 12.1 Å². The number of pyridine rings is 1. The number of aromatic carboxylic acids is 1. The van der Waals surface area contributed by atoms with Crippen LogP contribution in [0.2, 0.25) is 5.15 Å². The van der Waals surface area contributed by atoms with Gasteiger partial charge in [-0.2, -0.15) is 0 Å². The number of hydrogen-bond acceptors (Lipinski definition) is 3. The summed E-state index contributed by atoms with van der Waals surface area (Å²) in [5.41, 5.74) is 0.0614. The summed E-state index contributed by atoms with van der Waals surface area (Å²) in [5, 5.41) is 9.14. The summed E-state index contributed by atoms with van der Waals surface area (Å²) < 4.78 is 5.45. The molecule has 0 atom stereocenters. The Bertz CT molecular complexity index is 390. The Morgan fingerprint density at radius 1 is 1.53 bits per heavy atom. The van der Waals surface area contributed by atoms with E-state index in [1.807, 2.05) is 0 Å². The Kier molecular flexibility index (Phi) is 2.77. The number of halogens is 1. The molecular weight excluding hydrogens is 218 g/mol. The van der Waals surface area contributed by atoms with Crippen LogP contribution >= 0.6 is 11.6 Å². The van der Waals surface area contributed by atoms with Gasteiger partial charge in [-0.3, -0.25) is 0 Å². The van der Waals surface area contributed by atoms with E-state index in [1.54, 1.807) is 0 Å². The second-order valence-electron chi connectivity index (χ2n) is 3.46. The van der Waals surface area contributed by atoms with Crippen molar-refractivity contribution in [1.29, 1.82) is 0 Å². The molecule has 0 amide bonds. The highest BCUT2D eigenvalue weighted by atomic mass is 35.5. The zero-order valence-corrected chi connectivity index (χ0v) is 8.70. The van der Waals surface area contributed by atoms with Gasteiger partial charge in [-0.05, 0) is 31.4 Å². The molecule has 0 unspecified atom stereocenters. The molecule has 0 radical (unpaired) electrons. The average Bonchev–Trinajstić information content (AvgIpc) is 2.11. The Morgan fingerprint density at radius 3 is 2.80 bits per heavy atom. The molecule has 1 heterocycles. The third-order valence-corrected chi connectivity index (χ3v) is 2.60. The molecule has 5 heteroatoms. The molecule has 0 bridgehead atoms. The van der Waals surface area contributed by atoms with Crippen LogP contribution in [0.1, 0.15) is 29.6 Å². The predicted octanol–water partition coefficient (Wildman–Crippen LogP) is 2.36. The van der Waals surface area contributed by atoms with Crippen molar-refractivity contribution in [2.75, 3.05) is 0 Å². The number of carboxylic acids is 1. The van der Waals surface area contributed by atoms with Gasteiger partial charge in [-0.15, -0.1) is 0 Å². The normalized spacial score (nSPS) is 15.8. The minimum Gasteiger partial charge on any atom is -0.477 e. The topological polar surface area (TPSA) is 59.4 Å². The van der Waals surface area contributed by atoms with Crippen LogP contribution in [0.25, 0.3) is 0 Å². The van der Waals surface area contributed by atoms with Crippen molar-refractivity contribution in [2.45, 2.75) is 25.4 Å². The second-order valence-corrected chi connectivity index (χ2v) is 3.85. The number of rotatable bonds is 3. The molecule has 15 heavy (non-hydrogen) atoms. The second kappa shape index (κ2) is 4.06. The van der Waals surface area contributed by atoms with Crippen molar-refractivity contribution >= 4 is 17.6 Å². The number of aromatic nitrogens is 1. The Morgan fingerprint density at radius 2 is 2.27 bits per heavy atom. The van der Waals surface area contributed by atoms with Gasteiger partial charge in [0.2, 0.25) is 5.88 Å². The molecule has 0 spiro atoms. The zero-order chi connectivity index (χ0) is 10.8. The van der Waals surface area contributed by atoms with Gasteiger partial charge in [0.05, 0.1) is 0 Å². The summed E-state index contributed by atoms with van der Waals surface area (Å²) in [6.07, 6.45) is 3.11. The van der Waals surface area contributed by atoms with Gasteiger partial charge in [0.15, 0.2) is 0 Å². The highest BCUT2D eigenvalue weighted by Gasteiger charge is 2.23. The van der Waals surface area contributed by atoms with E-state index in [-0.39, 0.29) is 22.7 Å². The summed E-state index contributed by atoms with van der Waals surface area (Å²) in [7, 11) is 0. The highest BCUT2D eigenvalue weighted by molar-refractivity contribution is 6.29. The van der Waals surface area contributed by atoms with E-state index < -0.39 is 5.97 Å². The first-order chi connectivity index (χ1) is 7.16. The minimum atomic E-state index is -1.05. The van der Waals surface area contributed by atoms with Gasteiger partial charge in [-0.25, -0.2) is 9.78 Å². The predicted molar refractivity (Wildman–Crippen MR) is 54.5 cm³/mol. The molecule has 80 valence electrons. The maximum absolute atomic E-state index is 10.9. The van der Waals surface area contributed by atoms with Crippen molar-refractivity contribution in [3.05, 3.63) is 22.8 Å². The van der Waals surface area contributed by atoms with Crippen molar-refractivity contribution < 1.29 is 14.6 Å². The molecule has 0 aliphatic heterocycles. The molecule has 1 aromatic heterocycles. The minimum absolute atomic E-state index is 0.0614. The van der Waals surface area contributed by atoms with Gasteiger partial charge >= 0.3 is 5.97 Å². The van der Waals surface area contributed by atoms with Crippen LogP contribution in [-0.2, 0) is 0 Å². The van der Waals surface area contributed by atoms with Crippen LogP contribution in [0.4, 0.5) is 0 Å². The molecule has 1 saturated carbocycles. The first-order valence-corrected chi connectivity index (χ1v) is 5.11. The van der Waals surface area contributed by atoms with E-state index in [4.69, 9.17) is 21.4 Å². The Hall–Kier alpha value is -1.29. The van der Waals surface area contributed by atoms with E-state index in [0.717, 1.165) is 19.3 Å². The van der Waals surface area contributed by atoms with Gasteiger partial charge in [0.1, 0.15) is 16.8 Å². The third-order valence-electron chi connectivity index (χ3n) is 2.39. The Balaban J connectivity index is 2.24. The number of hydrogen-bond donors (Lipinski definition) is 1. The smallest absolute Gasteiger partial charge is 0.341 e. The molecule has 1 aromatic rings. The number of carboxylic acid groups (broad SMARTS) is 1. The molecule has 1 fully saturated rings. The lowest BCUT2D eigenvalue weighted by molar-refractivity contribution is 0.0675. The quantitative estimate of drug-likeness (QED) is 0.806. The fraction of sp³-hybridized carbons (Fsp3) is 0.400. The Labute approximate surface area is 91.8 Å². The number of nitrogens with zero attached hydrogens (tertiary/aromatic N) is 1.